The van der Waals surface area contributed by atoms with Crippen LogP contribution in [-0.2, 0) is 11.4 Å². The van der Waals surface area contributed by atoms with Crippen molar-refractivity contribution >= 4 is 57.2 Å². The fourth-order valence-electron chi connectivity index (χ4n) is 3.97. The van der Waals surface area contributed by atoms with Crippen LogP contribution in [-0.4, -0.2) is 23.4 Å². The van der Waals surface area contributed by atoms with Crippen molar-refractivity contribution in [1.82, 2.24) is 4.98 Å². The number of nitrogens with one attached hydrogen (secondary N) is 1. The predicted octanol–water partition coefficient (Wildman–Crippen LogP) is 7.89. The number of fused-ring (bicyclic) bond motifs is 1. The van der Waals surface area contributed by atoms with Crippen molar-refractivity contribution < 1.29 is 14.3 Å². The molecule has 0 aliphatic carbocycles. The van der Waals surface area contributed by atoms with Crippen molar-refractivity contribution in [3.8, 4) is 17.6 Å². The average molecular weight is 575 g/mol. The standard InChI is InChI=1S/C31H28Cl2N4O3/c1-2-39-29-18-27-26(17-28(29)36-30(38)11-7-4-8-16-32)31(23(19-34)20-35-27)37(33)24-12-14-25(15-13-24)40-21-22-9-5-3-6-10-22/h3,5-7,9-15,17-18,20H,2,4,8,16,21H2,1H3,(H,36,38). The second kappa shape index (κ2) is 14.2. The summed E-state index contributed by atoms with van der Waals surface area (Å²) in [6.07, 6.45) is 6.19. The normalized spacial score (nSPS) is 10.8. The highest BCUT2D eigenvalue weighted by Crippen LogP contribution is 2.40. The van der Waals surface area contributed by atoms with Crippen LogP contribution in [0.4, 0.5) is 17.1 Å². The first-order valence-corrected chi connectivity index (χ1v) is 13.7. The monoisotopic (exact) mass is 574 g/mol. The molecule has 1 amide bonds. The van der Waals surface area contributed by atoms with Crippen LogP contribution in [0.5, 0.6) is 11.5 Å². The highest BCUT2D eigenvalue weighted by molar-refractivity contribution is 6.31. The maximum atomic E-state index is 12.6. The molecular formula is C31H28Cl2N4O3. The molecule has 40 heavy (non-hydrogen) atoms. The van der Waals surface area contributed by atoms with E-state index in [1.807, 2.05) is 61.5 Å². The number of nitrogens with zero attached hydrogens (tertiary/aromatic N) is 3. The molecule has 4 aromatic rings. The van der Waals surface area contributed by atoms with Crippen LogP contribution >= 0.6 is 23.4 Å². The number of hydrogen-bond donors (Lipinski definition) is 1. The molecule has 0 spiro atoms. The largest absolute Gasteiger partial charge is 0.492 e. The number of anilines is 3. The molecule has 0 bridgehead atoms. The van der Waals surface area contributed by atoms with Gasteiger partial charge in [-0.25, -0.2) is 0 Å². The molecule has 7 nitrogen and oxygen atoms in total. The summed E-state index contributed by atoms with van der Waals surface area (Å²) in [5.74, 6) is 1.36. The third kappa shape index (κ3) is 7.23. The molecule has 0 radical (unpaired) electrons. The zero-order valence-corrected chi connectivity index (χ0v) is 23.5. The topological polar surface area (TPSA) is 87.5 Å². The predicted molar refractivity (Wildman–Crippen MR) is 161 cm³/mol. The lowest BCUT2D eigenvalue weighted by Gasteiger charge is -2.21. The number of carbonyl (C=O) groups is 1. The van der Waals surface area contributed by atoms with E-state index >= 15 is 0 Å². The Morgan fingerprint density at radius 1 is 1.12 bits per heavy atom. The van der Waals surface area contributed by atoms with Crippen LogP contribution in [0.2, 0.25) is 0 Å². The number of hydrogen-bond acceptors (Lipinski definition) is 6. The van der Waals surface area contributed by atoms with Gasteiger partial charge in [-0.2, -0.15) is 5.26 Å². The number of halogens is 2. The summed E-state index contributed by atoms with van der Waals surface area (Å²) in [7, 11) is 0. The van der Waals surface area contributed by atoms with E-state index in [0.717, 1.165) is 12.0 Å². The van der Waals surface area contributed by atoms with Gasteiger partial charge in [0.15, 0.2) is 0 Å². The van der Waals surface area contributed by atoms with Crippen molar-refractivity contribution in [2.24, 2.45) is 0 Å². The van der Waals surface area contributed by atoms with Crippen molar-refractivity contribution in [1.29, 1.82) is 5.26 Å². The van der Waals surface area contributed by atoms with Gasteiger partial charge < -0.3 is 14.8 Å². The molecular weight excluding hydrogens is 547 g/mol. The maximum absolute atomic E-state index is 12.6. The number of rotatable bonds is 12. The molecule has 1 heterocycles. The Kier molecular flexibility index (Phi) is 10.2. The van der Waals surface area contributed by atoms with Crippen LogP contribution in [0.1, 0.15) is 30.9 Å². The highest BCUT2D eigenvalue weighted by atomic mass is 35.5. The molecule has 0 unspecified atom stereocenters. The molecule has 0 fully saturated rings. The van der Waals surface area contributed by atoms with Crippen LogP contribution in [0.3, 0.4) is 0 Å². The van der Waals surface area contributed by atoms with E-state index in [4.69, 9.17) is 32.9 Å². The van der Waals surface area contributed by atoms with Crippen LogP contribution in [0, 0.1) is 11.3 Å². The number of unbranched alkanes of at least 4 members (excludes halogenated alkanes) is 1. The number of pyridine rings is 1. The number of aromatic nitrogens is 1. The Morgan fingerprint density at radius 2 is 1.90 bits per heavy atom. The third-order valence-corrected chi connectivity index (χ3v) is 6.53. The molecule has 0 aliphatic heterocycles. The van der Waals surface area contributed by atoms with Gasteiger partial charge in [0.05, 0.1) is 34.7 Å². The van der Waals surface area contributed by atoms with Crippen molar-refractivity contribution in [3.05, 3.63) is 96.2 Å². The SMILES string of the molecule is CCOc1cc2ncc(C#N)c(N(Cl)c3ccc(OCc4ccccc4)cc3)c2cc1NC(=O)C=CCCCCl. The Morgan fingerprint density at radius 3 is 2.60 bits per heavy atom. The van der Waals surface area contributed by atoms with Gasteiger partial charge in [0.2, 0.25) is 5.91 Å². The number of allylic oxidation sites excluding steroid dienone is 1. The van der Waals surface area contributed by atoms with Gasteiger partial charge in [0.1, 0.15) is 24.2 Å². The minimum atomic E-state index is -0.311. The lowest BCUT2D eigenvalue weighted by atomic mass is 10.1. The molecule has 3 aromatic carbocycles. The lowest BCUT2D eigenvalue weighted by Crippen LogP contribution is -2.11. The van der Waals surface area contributed by atoms with Crippen molar-refractivity contribution in [2.45, 2.75) is 26.4 Å². The number of benzene rings is 3. The second-order valence-corrected chi connectivity index (χ2v) is 9.42. The van der Waals surface area contributed by atoms with Gasteiger partial charge in [-0.15, -0.1) is 11.6 Å². The molecule has 0 saturated carbocycles. The third-order valence-electron chi connectivity index (χ3n) is 5.90. The van der Waals surface area contributed by atoms with Gasteiger partial charge in [-0.3, -0.25) is 14.2 Å². The Bertz CT molecular complexity index is 1520. The van der Waals surface area contributed by atoms with E-state index in [9.17, 15) is 10.1 Å². The van der Waals surface area contributed by atoms with Gasteiger partial charge in [-0.1, -0.05) is 36.4 Å². The lowest BCUT2D eigenvalue weighted by molar-refractivity contribution is -0.111. The quantitative estimate of drug-likeness (QED) is 0.0800. The zero-order valence-electron chi connectivity index (χ0n) is 21.9. The Balaban J connectivity index is 1.65. The minimum Gasteiger partial charge on any atom is -0.492 e. The van der Waals surface area contributed by atoms with Crippen LogP contribution in [0.25, 0.3) is 10.9 Å². The average Bonchev–Trinajstić information content (AvgIpc) is 2.98. The molecule has 0 saturated heterocycles. The van der Waals surface area contributed by atoms with Crippen molar-refractivity contribution in [2.75, 3.05) is 22.2 Å². The number of carbonyl (C=O) groups excluding carboxylic acids is 1. The first-order valence-electron chi connectivity index (χ1n) is 12.8. The summed E-state index contributed by atoms with van der Waals surface area (Å²) in [4.78, 5) is 17.0. The maximum Gasteiger partial charge on any atom is 0.248 e. The van der Waals surface area contributed by atoms with Crippen molar-refractivity contribution in [3.63, 3.8) is 0 Å². The number of ether oxygens (including phenoxy) is 2. The van der Waals surface area contributed by atoms with E-state index in [1.165, 1.54) is 16.7 Å². The molecule has 1 N–H and O–H groups in total. The van der Waals surface area contributed by atoms with E-state index in [2.05, 4.69) is 16.4 Å². The summed E-state index contributed by atoms with van der Waals surface area (Å²) in [6.45, 7) is 2.69. The van der Waals surface area contributed by atoms with E-state index in [-0.39, 0.29) is 11.5 Å². The molecule has 1 aromatic heterocycles. The summed E-state index contributed by atoms with van der Waals surface area (Å²) >= 11 is 12.6. The molecule has 0 aliphatic rings. The van der Waals surface area contributed by atoms with E-state index in [1.54, 1.807) is 18.2 Å². The van der Waals surface area contributed by atoms with Gasteiger partial charge >= 0.3 is 0 Å². The Labute approximate surface area is 243 Å². The number of amides is 1. The molecule has 4 rings (SSSR count). The summed E-state index contributed by atoms with van der Waals surface area (Å²) in [6, 6.07) is 22.8. The molecule has 0 atom stereocenters. The van der Waals surface area contributed by atoms with Crippen LogP contribution in [0.15, 0.2) is 85.1 Å². The zero-order chi connectivity index (χ0) is 28.3. The van der Waals surface area contributed by atoms with Gasteiger partial charge in [0.25, 0.3) is 0 Å². The summed E-state index contributed by atoms with van der Waals surface area (Å²) < 4.78 is 13.1. The van der Waals surface area contributed by atoms with E-state index in [0.29, 0.717) is 65.0 Å². The molecule has 204 valence electrons. The fourth-order valence-corrected chi connectivity index (χ4v) is 4.42. The minimum absolute atomic E-state index is 0.273. The second-order valence-electron chi connectivity index (χ2n) is 8.70. The number of alkyl halides is 1. The number of nitriles is 1. The molecule has 9 heteroatoms. The van der Waals surface area contributed by atoms with Gasteiger partial charge in [0, 0.05) is 35.3 Å². The van der Waals surface area contributed by atoms with Gasteiger partial charge in [-0.05, 0) is 61.7 Å². The van der Waals surface area contributed by atoms with Crippen LogP contribution < -0.4 is 19.2 Å². The Hall–Kier alpha value is -4.25. The van der Waals surface area contributed by atoms with E-state index < -0.39 is 0 Å². The summed E-state index contributed by atoms with van der Waals surface area (Å²) in [5.41, 5.74) is 3.39. The smallest absolute Gasteiger partial charge is 0.248 e. The first-order chi connectivity index (χ1) is 19.5. The summed E-state index contributed by atoms with van der Waals surface area (Å²) in [5, 5.41) is 13.3. The first kappa shape index (κ1) is 28.8. The highest BCUT2D eigenvalue weighted by Gasteiger charge is 2.20. The fraction of sp³-hybridized carbons (Fsp3) is 0.194.